The van der Waals surface area contributed by atoms with E-state index >= 15 is 0 Å². The van der Waals surface area contributed by atoms with Crippen molar-refractivity contribution in [1.82, 2.24) is 15.2 Å². The molecular formula is C16H25N3O2. The molecule has 5 nitrogen and oxygen atoms in total. The summed E-state index contributed by atoms with van der Waals surface area (Å²) in [6, 6.07) is 4.01. The monoisotopic (exact) mass is 291 g/mol. The molecule has 1 N–H and O–H groups in total. The van der Waals surface area contributed by atoms with Crippen LogP contribution in [0.3, 0.4) is 0 Å². The average molecular weight is 291 g/mol. The molecule has 1 aromatic rings. The maximum atomic E-state index is 12.1. The Kier molecular flexibility index (Phi) is 6.14. The van der Waals surface area contributed by atoms with Crippen LogP contribution in [0.2, 0.25) is 0 Å². The number of aryl methyl sites for hydroxylation is 1. The number of amides is 1. The molecule has 1 aliphatic heterocycles. The van der Waals surface area contributed by atoms with E-state index in [4.69, 9.17) is 4.74 Å². The maximum absolute atomic E-state index is 12.1. The van der Waals surface area contributed by atoms with Gasteiger partial charge in [0.1, 0.15) is 0 Å². The number of rotatable bonds is 6. The summed E-state index contributed by atoms with van der Waals surface area (Å²) < 4.78 is 5.31. The SMILES string of the molecule is CCC(NC(=O)CCN1CCOCC1)c1cc(C)ccn1. The van der Waals surface area contributed by atoms with E-state index in [2.05, 4.69) is 22.1 Å². The predicted octanol–water partition coefficient (Wildman–Crippen LogP) is 1.68. The van der Waals surface area contributed by atoms with Crippen molar-refractivity contribution in [3.05, 3.63) is 29.6 Å². The van der Waals surface area contributed by atoms with Crippen LogP contribution in [0.5, 0.6) is 0 Å². The molecule has 2 rings (SSSR count). The molecule has 0 radical (unpaired) electrons. The van der Waals surface area contributed by atoms with Crippen molar-refractivity contribution in [2.24, 2.45) is 0 Å². The molecule has 116 valence electrons. The number of ether oxygens (including phenoxy) is 1. The lowest BCUT2D eigenvalue weighted by molar-refractivity contribution is -0.122. The van der Waals surface area contributed by atoms with Crippen molar-refractivity contribution in [2.75, 3.05) is 32.8 Å². The lowest BCUT2D eigenvalue weighted by atomic mass is 10.1. The predicted molar refractivity (Wildman–Crippen MR) is 82.0 cm³/mol. The van der Waals surface area contributed by atoms with Crippen molar-refractivity contribution >= 4 is 5.91 Å². The number of nitrogens with zero attached hydrogens (tertiary/aromatic N) is 2. The molecule has 0 aliphatic carbocycles. The zero-order chi connectivity index (χ0) is 15.1. The molecule has 2 heterocycles. The van der Waals surface area contributed by atoms with E-state index in [1.54, 1.807) is 6.20 Å². The standard InChI is InChI=1S/C16H25N3O2/c1-3-14(15-12-13(2)4-6-17-15)18-16(20)5-7-19-8-10-21-11-9-19/h4,6,12,14H,3,5,7-11H2,1-2H3,(H,18,20). The number of aromatic nitrogens is 1. The minimum atomic E-state index is 0.00193. The van der Waals surface area contributed by atoms with Crippen LogP contribution >= 0.6 is 0 Å². The minimum absolute atomic E-state index is 0.00193. The van der Waals surface area contributed by atoms with E-state index in [9.17, 15) is 4.79 Å². The molecule has 0 spiro atoms. The highest BCUT2D eigenvalue weighted by Gasteiger charge is 2.16. The molecule has 1 atom stereocenters. The van der Waals surface area contributed by atoms with Gasteiger partial charge in [-0.1, -0.05) is 6.92 Å². The van der Waals surface area contributed by atoms with Gasteiger partial charge in [-0.15, -0.1) is 0 Å². The topological polar surface area (TPSA) is 54.5 Å². The Labute approximate surface area is 126 Å². The van der Waals surface area contributed by atoms with Gasteiger partial charge in [0.2, 0.25) is 5.91 Å². The van der Waals surface area contributed by atoms with Gasteiger partial charge in [0, 0.05) is 32.3 Å². The highest BCUT2D eigenvalue weighted by molar-refractivity contribution is 5.76. The molecule has 1 unspecified atom stereocenters. The van der Waals surface area contributed by atoms with Gasteiger partial charge in [-0.3, -0.25) is 14.7 Å². The molecular weight excluding hydrogens is 266 g/mol. The summed E-state index contributed by atoms with van der Waals surface area (Å²) >= 11 is 0. The first kappa shape index (κ1) is 15.9. The van der Waals surface area contributed by atoms with Crippen LogP contribution in [0.4, 0.5) is 0 Å². The highest BCUT2D eigenvalue weighted by Crippen LogP contribution is 2.15. The van der Waals surface area contributed by atoms with Crippen molar-refractivity contribution in [2.45, 2.75) is 32.7 Å². The third kappa shape index (κ3) is 5.10. The van der Waals surface area contributed by atoms with E-state index < -0.39 is 0 Å². The number of carbonyl (C=O) groups is 1. The van der Waals surface area contributed by atoms with Crippen LogP contribution in [-0.2, 0) is 9.53 Å². The Bertz CT molecular complexity index is 459. The van der Waals surface area contributed by atoms with Crippen LogP contribution in [-0.4, -0.2) is 48.6 Å². The molecule has 1 aromatic heterocycles. The fraction of sp³-hybridized carbons (Fsp3) is 0.625. The summed E-state index contributed by atoms with van der Waals surface area (Å²) in [5.74, 6) is 0.0941. The van der Waals surface area contributed by atoms with Crippen LogP contribution in [0.25, 0.3) is 0 Å². The molecule has 21 heavy (non-hydrogen) atoms. The zero-order valence-electron chi connectivity index (χ0n) is 13.0. The number of morpholine rings is 1. The Morgan fingerprint density at radius 3 is 2.90 bits per heavy atom. The third-order valence-corrected chi connectivity index (χ3v) is 3.80. The van der Waals surface area contributed by atoms with Crippen molar-refractivity contribution in [1.29, 1.82) is 0 Å². The summed E-state index contributed by atoms with van der Waals surface area (Å²) in [5.41, 5.74) is 2.11. The molecule has 5 heteroatoms. The second-order valence-corrected chi connectivity index (χ2v) is 5.49. The summed E-state index contributed by atoms with van der Waals surface area (Å²) in [6.07, 6.45) is 3.18. The van der Waals surface area contributed by atoms with Gasteiger partial charge in [-0.25, -0.2) is 0 Å². The van der Waals surface area contributed by atoms with Crippen molar-refractivity contribution < 1.29 is 9.53 Å². The number of hydrogen-bond acceptors (Lipinski definition) is 4. The van der Waals surface area contributed by atoms with Gasteiger partial charge < -0.3 is 10.1 Å². The second-order valence-electron chi connectivity index (χ2n) is 5.49. The number of carbonyl (C=O) groups excluding carboxylic acids is 1. The molecule has 1 fully saturated rings. The molecule has 0 bridgehead atoms. The second kappa shape index (κ2) is 8.10. The first-order chi connectivity index (χ1) is 10.2. The minimum Gasteiger partial charge on any atom is -0.379 e. The Hall–Kier alpha value is -1.46. The summed E-state index contributed by atoms with van der Waals surface area (Å²) in [5, 5.41) is 3.09. The van der Waals surface area contributed by atoms with Gasteiger partial charge in [-0.05, 0) is 31.0 Å². The van der Waals surface area contributed by atoms with Crippen LogP contribution < -0.4 is 5.32 Å². The first-order valence-corrected chi connectivity index (χ1v) is 7.71. The molecule has 1 amide bonds. The fourth-order valence-corrected chi connectivity index (χ4v) is 2.49. The van der Waals surface area contributed by atoms with E-state index in [0.29, 0.717) is 6.42 Å². The van der Waals surface area contributed by atoms with Gasteiger partial charge in [0.25, 0.3) is 0 Å². The summed E-state index contributed by atoms with van der Waals surface area (Å²) in [4.78, 5) is 18.8. The third-order valence-electron chi connectivity index (χ3n) is 3.80. The van der Waals surface area contributed by atoms with E-state index in [-0.39, 0.29) is 11.9 Å². The summed E-state index contributed by atoms with van der Waals surface area (Å²) in [7, 11) is 0. The quantitative estimate of drug-likeness (QED) is 0.866. The molecule has 0 saturated carbocycles. The Morgan fingerprint density at radius 1 is 1.48 bits per heavy atom. The maximum Gasteiger partial charge on any atom is 0.221 e. The lowest BCUT2D eigenvalue weighted by Crippen LogP contribution is -2.39. The molecule has 0 aromatic carbocycles. The van der Waals surface area contributed by atoms with Crippen LogP contribution in [0.15, 0.2) is 18.3 Å². The fourth-order valence-electron chi connectivity index (χ4n) is 2.49. The zero-order valence-corrected chi connectivity index (χ0v) is 13.0. The van der Waals surface area contributed by atoms with Gasteiger partial charge in [0.15, 0.2) is 0 Å². The largest absolute Gasteiger partial charge is 0.379 e. The Balaban J connectivity index is 1.82. The van der Waals surface area contributed by atoms with Gasteiger partial charge in [-0.2, -0.15) is 0 Å². The number of hydrogen-bond donors (Lipinski definition) is 1. The van der Waals surface area contributed by atoms with Gasteiger partial charge in [0.05, 0.1) is 24.9 Å². The highest BCUT2D eigenvalue weighted by atomic mass is 16.5. The van der Waals surface area contributed by atoms with E-state index in [1.165, 1.54) is 5.56 Å². The van der Waals surface area contributed by atoms with Crippen molar-refractivity contribution in [3.8, 4) is 0 Å². The normalized spacial score (nSPS) is 17.4. The number of pyridine rings is 1. The Morgan fingerprint density at radius 2 is 2.24 bits per heavy atom. The lowest BCUT2D eigenvalue weighted by Gasteiger charge is -2.26. The van der Waals surface area contributed by atoms with Crippen LogP contribution in [0, 0.1) is 6.92 Å². The van der Waals surface area contributed by atoms with Crippen molar-refractivity contribution in [3.63, 3.8) is 0 Å². The van der Waals surface area contributed by atoms with Crippen LogP contribution in [0.1, 0.15) is 37.1 Å². The molecule has 1 aliphatic rings. The summed E-state index contributed by atoms with van der Waals surface area (Å²) in [6.45, 7) is 8.29. The first-order valence-electron chi connectivity index (χ1n) is 7.71. The smallest absolute Gasteiger partial charge is 0.221 e. The average Bonchev–Trinajstić information content (AvgIpc) is 2.51. The number of nitrogens with one attached hydrogen (secondary N) is 1. The van der Waals surface area contributed by atoms with E-state index in [1.807, 2.05) is 19.1 Å². The molecule has 1 saturated heterocycles. The van der Waals surface area contributed by atoms with E-state index in [0.717, 1.165) is 45.0 Å². The van der Waals surface area contributed by atoms with Gasteiger partial charge >= 0.3 is 0 Å².